The lowest BCUT2D eigenvalue weighted by Crippen LogP contribution is -2.05. The third kappa shape index (κ3) is 3.16. The molecule has 0 spiro atoms. The van der Waals surface area contributed by atoms with E-state index >= 15 is 0 Å². The van der Waals surface area contributed by atoms with E-state index in [1.807, 2.05) is 20.0 Å². The minimum atomic E-state index is 0.521. The number of anilines is 1. The molecule has 1 saturated carbocycles. The molecular weight excluding hydrogens is 190 g/mol. The first-order valence-corrected chi connectivity index (χ1v) is 5.38. The number of hydrogen-bond acceptors (Lipinski definition) is 4. The van der Waals surface area contributed by atoms with Gasteiger partial charge in [0.1, 0.15) is 12.4 Å². The van der Waals surface area contributed by atoms with Crippen molar-refractivity contribution in [2.24, 2.45) is 5.92 Å². The van der Waals surface area contributed by atoms with Crippen LogP contribution in [-0.2, 0) is 11.3 Å². The van der Waals surface area contributed by atoms with Crippen molar-refractivity contribution in [3.8, 4) is 0 Å². The monoisotopic (exact) mass is 207 g/mol. The molecule has 0 aliphatic heterocycles. The van der Waals surface area contributed by atoms with E-state index in [4.69, 9.17) is 4.74 Å². The number of aromatic nitrogens is 2. The first-order chi connectivity index (χ1) is 7.28. The predicted molar refractivity (Wildman–Crippen MR) is 58.7 cm³/mol. The van der Waals surface area contributed by atoms with Crippen LogP contribution in [0.5, 0.6) is 0 Å². The van der Waals surface area contributed by atoms with Crippen LogP contribution in [-0.4, -0.2) is 23.6 Å². The summed E-state index contributed by atoms with van der Waals surface area (Å²) in [7, 11) is 1.86. The van der Waals surface area contributed by atoms with Crippen molar-refractivity contribution < 1.29 is 4.74 Å². The molecule has 1 N–H and O–H groups in total. The number of nitrogens with one attached hydrogen (secondary N) is 1. The highest BCUT2D eigenvalue weighted by molar-refractivity contribution is 5.34. The molecular formula is C11H17N3O. The van der Waals surface area contributed by atoms with Gasteiger partial charge in [-0.3, -0.25) is 0 Å². The maximum atomic E-state index is 5.55. The first-order valence-electron chi connectivity index (χ1n) is 5.38. The van der Waals surface area contributed by atoms with Gasteiger partial charge in [0.2, 0.25) is 0 Å². The second kappa shape index (κ2) is 4.57. The smallest absolute Gasteiger partial charge is 0.156 e. The lowest BCUT2D eigenvalue weighted by atomic mass is 10.4. The molecule has 1 aromatic heterocycles. The van der Waals surface area contributed by atoms with Crippen molar-refractivity contribution in [2.75, 3.05) is 19.0 Å². The third-order valence-electron chi connectivity index (χ3n) is 2.44. The summed E-state index contributed by atoms with van der Waals surface area (Å²) < 4.78 is 5.55. The molecule has 0 bridgehead atoms. The molecule has 2 rings (SSSR count). The molecule has 0 atom stereocenters. The third-order valence-corrected chi connectivity index (χ3v) is 2.44. The highest BCUT2D eigenvalue weighted by atomic mass is 16.5. The summed E-state index contributed by atoms with van der Waals surface area (Å²) in [6.07, 6.45) is 2.63. The van der Waals surface area contributed by atoms with E-state index in [-0.39, 0.29) is 0 Å². The lowest BCUT2D eigenvalue weighted by Gasteiger charge is -2.05. The Balaban J connectivity index is 1.90. The molecule has 0 aromatic carbocycles. The summed E-state index contributed by atoms with van der Waals surface area (Å²) in [6, 6.07) is 1.92. The van der Waals surface area contributed by atoms with Gasteiger partial charge >= 0.3 is 0 Å². The molecule has 1 fully saturated rings. The van der Waals surface area contributed by atoms with Crippen LogP contribution in [0.15, 0.2) is 6.07 Å². The van der Waals surface area contributed by atoms with Crippen molar-refractivity contribution >= 4 is 5.82 Å². The summed E-state index contributed by atoms with van der Waals surface area (Å²) in [5.41, 5.74) is 0.972. The Morgan fingerprint density at radius 1 is 1.47 bits per heavy atom. The van der Waals surface area contributed by atoms with Gasteiger partial charge in [-0.05, 0) is 25.7 Å². The SMILES string of the molecule is CNc1cc(C)nc(COCC2CC2)n1. The predicted octanol–water partition coefficient (Wildman–Crippen LogP) is 1.75. The Kier molecular flexibility index (Phi) is 3.16. The standard InChI is InChI=1S/C11H17N3O/c1-8-5-10(12-2)14-11(13-8)7-15-6-9-3-4-9/h5,9H,3-4,6-7H2,1-2H3,(H,12,13,14). The Morgan fingerprint density at radius 2 is 2.27 bits per heavy atom. The van der Waals surface area contributed by atoms with Crippen molar-refractivity contribution in [3.63, 3.8) is 0 Å². The Labute approximate surface area is 90.1 Å². The fourth-order valence-electron chi connectivity index (χ4n) is 1.42. The van der Waals surface area contributed by atoms with Crippen LogP contribution in [0, 0.1) is 12.8 Å². The first kappa shape index (κ1) is 10.4. The maximum absolute atomic E-state index is 5.55. The van der Waals surface area contributed by atoms with Gasteiger partial charge in [-0.25, -0.2) is 9.97 Å². The van der Waals surface area contributed by atoms with E-state index in [1.54, 1.807) is 0 Å². The van der Waals surface area contributed by atoms with Crippen LogP contribution in [0.3, 0.4) is 0 Å². The molecule has 0 radical (unpaired) electrons. The quantitative estimate of drug-likeness (QED) is 0.799. The van der Waals surface area contributed by atoms with Gasteiger partial charge in [0.05, 0.1) is 0 Å². The maximum Gasteiger partial charge on any atom is 0.156 e. The Bertz CT molecular complexity index is 337. The molecule has 1 aliphatic carbocycles. The van der Waals surface area contributed by atoms with Crippen LogP contribution < -0.4 is 5.32 Å². The van der Waals surface area contributed by atoms with E-state index in [2.05, 4.69) is 15.3 Å². The van der Waals surface area contributed by atoms with Crippen LogP contribution in [0.1, 0.15) is 24.4 Å². The van der Waals surface area contributed by atoms with E-state index in [0.29, 0.717) is 6.61 Å². The fourth-order valence-corrected chi connectivity index (χ4v) is 1.42. The summed E-state index contributed by atoms with van der Waals surface area (Å²) >= 11 is 0. The highest BCUT2D eigenvalue weighted by Gasteiger charge is 2.21. The Hall–Kier alpha value is -1.16. The van der Waals surface area contributed by atoms with E-state index in [9.17, 15) is 0 Å². The average molecular weight is 207 g/mol. The normalized spacial score (nSPS) is 15.3. The van der Waals surface area contributed by atoms with Gasteiger partial charge in [0, 0.05) is 25.4 Å². The van der Waals surface area contributed by atoms with Crippen molar-refractivity contribution in [3.05, 3.63) is 17.6 Å². The number of hydrogen-bond donors (Lipinski definition) is 1. The Morgan fingerprint density at radius 3 is 2.93 bits per heavy atom. The molecule has 1 aromatic rings. The number of rotatable bonds is 5. The number of aryl methyl sites for hydroxylation is 1. The number of nitrogens with zero attached hydrogens (tertiary/aromatic N) is 2. The molecule has 0 unspecified atom stereocenters. The molecule has 0 amide bonds. The van der Waals surface area contributed by atoms with Gasteiger partial charge in [-0.15, -0.1) is 0 Å². The summed E-state index contributed by atoms with van der Waals surface area (Å²) in [5, 5.41) is 3.01. The minimum Gasteiger partial charge on any atom is -0.373 e. The largest absolute Gasteiger partial charge is 0.373 e. The molecule has 1 aliphatic rings. The minimum absolute atomic E-state index is 0.521. The molecule has 1 heterocycles. The average Bonchev–Trinajstić information content (AvgIpc) is 3.01. The van der Waals surface area contributed by atoms with E-state index in [1.165, 1.54) is 12.8 Å². The second-order valence-electron chi connectivity index (χ2n) is 4.02. The summed E-state index contributed by atoms with van der Waals surface area (Å²) in [5.74, 6) is 2.41. The van der Waals surface area contributed by atoms with Gasteiger partial charge in [0.25, 0.3) is 0 Å². The number of ether oxygens (including phenoxy) is 1. The topological polar surface area (TPSA) is 47.0 Å². The summed E-state index contributed by atoms with van der Waals surface area (Å²) in [4.78, 5) is 8.65. The van der Waals surface area contributed by atoms with Gasteiger partial charge < -0.3 is 10.1 Å². The van der Waals surface area contributed by atoms with Gasteiger partial charge in [-0.1, -0.05) is 0 Å². The van der Waals surface area contributed by atoms with E-state index in [0.717, 1.165) is 29.9 Å². The molecule has 4 heteroatoms. The van der Waals surface area contributed by atoms with Gasteiger partial charge in [0.15, 0.2) is 5.82 Å². The molecule has 82 valence electrons. The van der Waals surface area contributed by atoms with Crippen LogP contribution in [0.2, 0.25) is 0 Å². The zero-order valence-corrected chi connectivity index (χ0v) is 9.29. The zero-order chi connectivity index (χ0) is 10.7. The molecule has 0 saturated heterocycles. The molecule has 4 nitrogen and oxygen atoms in total. The fraction of sp³-hybridized carbons (Fsp3) is 0.636. The van der Waals surface area contributed by atoms with Gasteiger partial charge in [-0.2, -0.15) is 0 Å². The highest BCUT2D eigenvalue weighted by Crippen LogP contribution is 2.28. The van der Waals surface area contributed by atoms with E-state index < -0.39 is 0 Å². The van der Waals surface area contributed by atoms with Crippen molar-refractivity contribution in [1.82, 2.24) is 9.97 Å². The van der Waals surface area contributed by atoms with Crippen molar-refractivity contribution in [2.45, 2.75) is 26.4 Å². The van der Waals surface area contributed by atoms with Crippen LogP contribution in [0.4, 0.5) is 5.82 Å². The second-order valence-corrected chi connectivity index (χ2v) is 4.02. The van der Waals surface area contributed by atoms with Crippen LogP contribution >= 0.6 is 0 Å². The molecule has 15 heavy (non-hydrogen) atoms. The van der Waals surface area contributed by atoms with Crippen molar-refractivity contribution in [1.29, 1.82) is 0 Å². The zero-order valence-electron chi connectivity index (χ0n) is 9.29. The van der Waals surface area contributed by atoms with Crippen LogP contribution in [0.25, 0.3) is 0 Å². The lowest BCUT2D eigenvalue weighted by molar-refractivity contribution is 0.106. The summed E-state index contributed by atoms with van der Waals surface area (Å²) in [6.45, 7) is 3.34.